The molecule has 0 aliphatic heterocycles. The molecule has 0 N–H and O–H groups in total. The van der Waals surface area contributed by atoms with Gasteiger partial charge in [0.05, 0.1) is 12.5 Å². The highest BCUT2D eigenvalue weighted by Crippen LogP contribution is 2.25. The summed E-state index contributed by atoms with van der Waals surface area (Å²) in [7, 11) is 1.86. The summed E-state index contributed by atoms with van der Waals surface area (Å²) >= 11 is 0. The van der Waals surface area contributed by atoms with Crippen LogP contribution in [0.25, 0.3) is 16.8 Å². The van der Waals surface area contributed by atoms with Gasteiger partial charge in [-0.1, -0.05) is 37.5 Å². The summed E-state index contributed by atoms with van der Waals surface area (Å²) in [5.74, 6) is -1.78. The fourth-order valence-corrected chi connectivity index (χ4v) is 3.96. The van der Waals surface area contributed by atoms with Gasteiger partial charge in [-0.15, -0.1) is 0 Å². The van der Waals surface area contributed by atoms with Crippen LogP contribution >= 0.6 is 0 Å². The quantitative estimate of drug-likeness (QED) is 0.607. The Bertz CT molecular complexity index is 1010. The van der Waals surface area contributed by atoms with E-state index in [2.05, 4.69) is 4.98 Å². The lowest BCUT2D eigenvalue weighted by molar-refractivity contribution is 0.0688. The molecule has 2 aromatic carbocycles. The second kappa shape index (κ2) is 8.15. The highest BCUT2D eigenvalue weighted by atomic mass is 19.2. The summed E-state index contributed by atoms with van der Waals surface area (Å²) < 4.78 is 28.4. The van der Waals surface area contributed by atoms with Gasteiger partial charge < -0.3 is 4.90 Å². The number of amides is 1. The zero-order valence-corrected chi connectivity index (χ0v) is 16.3. The molecule has 0 unspecified atom stereocenters. The van der Waals surface area contributed by atoms with E-state index in [4.69, 9.17) is 0 Å². The molecule has 0 bridgehead atoms. The molecule has 0 atom stereocenters. The van der Waals surface area contributed by atoms with Gasteiger partial charge in [0.15, 0.2) is 11.6 Å². The lowest BCUT2D eigenvalue weighted by atomic mass is 9.94. The van der Waals surface area contributed by atoms with Crippen LogP contribution in [0.1, 0.15) is 42.6 Å². The molecule has 1 heterocycles. The first-order chi connectivity index (χ1) is 14.0. The van der Waals surface area contributed by atoms with Crippen molar-refractivity contribution in [1.82, 2.24) is 14.5 Å². The molecule has 1 saturated carbocycles. The average molecular weight is 395 g/mol. The first-order valence-electron chi connectivity index (χ1n) is 9.90. The summed E-state index contributed by atoms with van der Waals surface area (Å²) in [6.07, 6.45) is 8.85. The van der Waals surface area contributed by atoms with Gasteiger partial charge in [0.1, 0.15) is 5.69 Å². The summed E-state index contributed by atoms with van der Waals surface area (Å²) in [4.78, 5) is 19.1. The molecule has 6 heteroatoms. The van der Waals surface area contributed by atoms with Crippen molar-refractivity contribution in [3.8, 4) is 16.8 Å². The summed E-state index contributed by atoms with van der Waals surface area (Å²) in [5.41, 5.74) is 2.65. The number of halogens is 2. The number of imidazole rings is 1. The zero-order chi connectivity index (χ0) is 20.4. The van der Waals surface area contributed by atoms with E-state index in [0.717, 1.165) is 43.0 Å². The first-order valence-corrected chi connectivity index (χ1v) is 9.90. The summed E-state index contributed by atoms with van der Waals surface area (Å²) in [6, 6.07) is 11.4. The van der Waals surface area contributed by atoms with Crippen LogP contribution in [-0.4, -0.2) is 33.4 Å². The van der Waals surface area contributed by atoms with Crippen molar-refractivity contribution >= 4 is 5.91 Å². The fraction of sp³-hybridized carbons (Fsp3) is 0.304. The minimum Gasteiger partial charge on any atom is -0.337 e. The topological polar surface area (TPSA) is 38.1 Å². The van der Waals surface area contributed by atoms with Crippen LogP contribution in [0.4, 0.5) is 8.78 Å². The number of hydrogen-bond donors (Lipinski definition) is 0. The molecule has 150 valence electrons. The first kappa shape index (κ1) is 19.3. The van der Waals surface area contributed by atoms with Crippen molar-refractivity contribution in [2.24, 2.45) is 0 Å². The Kier molecular flexibility index (Phi) is 5.43. The maximum atomic E-state index is 13.5. The minimum atomic E-state index is -0.875. The molecular formula is C23H23F2N3O. The van der Waals surface area contributed by atoms with Crippen LogP contribution in [0.2, 0.25) is 0 Å². The van der Waals surface area contributed by atoms with Gasteiger partial charge in [-0.25, -0.2) is 13.8 Å². The molecule has 4 nitrogen and oxygen atoms in total. The molecule has 1 amide bonds. The lowest BCUT2D eigenvalue weighted by Gasteiger charge is -2.31. The van der Waals surface area contributed by atoms with Crippen molar-refractivity contribution in [2.75, 3.05) is 7.05 Å². The Hall–Kier alpha value is -3.02. The third-order valence-corrected chi connectivity index (χ3v) is 5.70. The number of hydrogen-bond acceptors (Lipinski definition) is 2. The van der Waals surface area contributed by atoms with E-state index in [-0.39, 0.29) is 11.9 Å². The second-order valence-electron chi connectivity index (χ2n) is 7.53. The number of aromatic nitrogens is 2. The second-order valence-corrected chi connectivity index (χ2v) is 7.53. The van der Waals surface area contributed by atoms with Crippen molar-refractivity contribution in [2.45, 2.75) is 38.1 Å². The molecule has 3 aromatic rings. The van der Waals surface area contributed by atoms with E-state index in [0.29, 0.717) is 11.3 Å². The van der Waals surface area contributed by atoms with Crippen LogP contribution in [-0.2, 0) is 0 Å². The van der Waals surface area contributed by atoms with Crippen molar-refractivity contribution in [3.63, 3.8) is 0 Å². The largest absolute Gasteiger partial charge is 0.337 e. The molecule has 1 aromatic heterocycles. The molecule has 0 saturated heterocycles. The molecule has 0 radical (unpaired) electrons. The van der Waals surface area contributed by atoms with E-state index in [1.807, 2.05) is 36.2 Å². The number of rotatable bonds is 4. The molecule has 1 aliphatic carbocycles. The standard InChI is InChI=1S/C23H23F2N3O/c1-27(18-5-3-2-4-6-18)23(29)22-14-26-15-28(22)19-10-7-16(8-11-19)17-9-12-20(24)21(25)13-17/h7-15,18H,2-6H2,1H3. The van der Waals surface area contributed by atoms with E-state index in [1.54, 1.807) is 23.2 Å². The fourth-order valence-electron chi connectivity index (χ4n) is 3.96. The van der Waals surface area contributed by atoms with Crippen LogP contribution in [0.3, 0.4) is 0 Å². The molecular weight excluding hydrogens is 372 g/mol. The highest BCUT2D eigenvalue weighted by molar-refractivity contribution is 5.93. The molecule has 0 spiro atoms. The zero-order valence-electron chi connectivity index (χ0n) is 16.3. The normalized spacial score (nSPS) is 14.7. The molecule has 1 aliphatic rings. The Morgan fingerprint density at radius 3 is 2.38 bits per heavy atom. The van der Waals surface area contributed by atoms with E-state index in [9.17, 15) is 13.6 Å². The number of carbonyl (C=O) groups is 1. The Morgan fingerprint density at radius 2 is 1.69 bits per heavy atom. The van der Waals surface area contributed by atoms with Gasteiger partial charge in [0.2, 0.25) is 0 Å². The predicted octanol–water partition coefficient (Wildman–Crippen LogP) is 5.22. The van der Waals surface area contributed by atoms with Crippen LogP contribution < -0.4 is 0 Å². The van der Waals surface area contributed by atoms with Gasteiger partial charge >= 0.3 is 0 Å². The maximum Gasteiger partial charge on any atom is 0.272 e. The third-order valence-electron chi connectivity index (χ3n) is 5.70. The van der Waals surface area contributed by atoms with Gasteiger partial charge in [-0.2, -0.15) is 0 Å². The maximum absolute atomic E-state index is 13.5. The minimum absolute atomic E-state index is 0.0425. The van der Waals surface area contributed by atoms with Gasteiger partial charge in [-0.3, -0.25) is 9.36 Å². The van der Waals surface area contributed by atoms with Crippen molar-refractivity contribution in [3.05, 3.63) is 72.3 Å². The molecule has 29 heavy (non-hydrogen) atoms. The Labute approximate surface area is 168 Å². The van der Waals surface area contributed by atoms with Gasteiger partial charge in [-0.05, 0) is 48.2 Å². The number of benzene rings is 2. The van der Waals surface area contributed by atoms with E-state index >= 15 is 0 Å². The van der Waals surface area contributed by atoms with E-state index in [1.165, 1.54) is 12.5 Å². The average Bonchev–Trinajstić information content (AvgIpc) is 3.25. The summed E-state index contributed by atoms with van der Waals surface area (Å²) in [6.45, 7) is 0. The SMILES string of the molecule is CN(C(=O)c1cncn1-c1ccc(-c2ccc(F)c(F)c2)cc1)C1CCCCC1. The van der Waals surface area contributed by atoms with Gasteiger partial charge in [0.25, 0.3) is 5.91 Å². The Balaban J connectivity index is 1.57. The summed E-state index contributed by atoms with van der Waals surface area (Å²) in [5, 5.41) is 0. The number of carbonyl (C=O) groups excluding carboxylic acids is 1. The molecule has 4 rings (SSSR count). The number of nitrogens with zero attached hydrogens (tertiary/aromatic N) is 3. The third kappa shape index (κ3) is 3.92. The van der Waals surface area contributed by atoms with E-state index < -0.39 is 11.6 Å². The van der Waals surface area contributed by atoms with Crippen molar-refractivity contribution in [1.29, 1.82) is 0 Å². The lowest BCUT2D eigenvalue weighted by Crippen LogP contribution is -2.39. The van der Waals surface area contributed by atoms with Crippen molar-refractivity contribution < 1.29 is 13.6 Å². The molecule has 1 fully saturated rings. The smallest absolute Gasteiger partial charge is 0.272 e. The van der Waals surface area contributed by atoms with Crippen LogP contribution in [0.5, 0.6) is 0 Å². The van der Waals surface area contributed by atoms with Gasteiger partial charge in [0, 0.05) is 18.8 Å². The Morgan fingerprint density at radius 1 is 1.00 bits per heavy atom. The highest BCUT2D eigenvalue weighted by Gasteiger charge is 2.25. The monoisotopic (exact) mass is 395 g/mol. The predicted molar refractivity (Wildman–Crippen MR) is 108 cm³/mol. The van der Waals surface area contributed by atoms with Crippen LogP contribution in [0, 0.1) is 11.6 Å². The van der Waals surface area contributed by atoms with Crippen LogP contribution in [0.15, 0.2) is 55.0 Å².